The molecule has 2 N–H and O–H groups in total. The van der Waals surface area contributed by atoms with Crippen LogP contribution in [0.5, 0.6) is 0 Å². The number of hydrogen-bond acceptors (Lipinski definition) is 4. The van der Waals surface area contributed by atoms with Gasteiger partial charge in [-0.1, -0.05) is 0 Å². The number of amides is 2. The Kier molecular flexibility index (Phi) is 5.81. The summed E-state index contributed by atoms with van der Waals surface area (Å²) in [7, 11) is 0. The maximum atomic E-state index is 15.0. The number of fused-ring (bicyclic) bond motifs is 1. The van der Waals surface area contributed by atoms with Gasteiger partial charge in [-0.25, -0.2) is 9.37 Å². The Morgan fingerprint density at radius 3 is 2.58 bits per heavy atom. The molecule has 0 unspecified atom stereocenters. The van der Waals surface area contributed by atoms with Crippen LogP contribution < -0.4 is 10.6 Å². The first-order valence-electron chi connectivity index (χ1n) is 9.75. The van der Waals surface area contributed by atoms with Crippen LogP contribution in [0.25, 0.3) is 0 Å². The molecule has 0 radical (unpaired) electrons. The molecule has 0 atom stereocenters. The van der Waals surface area contributed by atoms with Gasteiger partial charge >= 0.3 is 5.92 Å². The van der Waals surface area contributed by atoms with Gasteiger partial charge in [0.25, 0.3) is 11.8 Å². The fourth-order valence-corrected chi connectivity index (χ4v) is 3.36. The minimum absolute atomic E-state index is 0.124. The predicted octanol–water partition coefficient (Wildman–Crippen LogP) is 3.49. The van der Waals surface area contributed by atoms with Gasteiger partial charge in [0.05, 0.1) is 11.3 Å². The smallest absolute Gasteiger partial charge is 0.346 e. The van der Waals surface area contributed by atoms with Crippen molar-refractivity contribution in [3.05, 3.63) is 46.8 Å². The molecule has 0 saturated carbocycles. The summed E-state index contributed by atoms with van der Waals surface area (Å²) < 4.78 is 44.8. The van der Waals surface area contributed by atoms with Crippen molar-refractivity contribution in [2.45, 2.75) is 58.0 Å². The van der Waals surface area contributed by atoms with Crippen LogP contribution in [0.3, 0.4) is 0 Å². The number of carbonyl (C=O) groups is 2. The lowest BCUT2D eigenvalue weighted by Crippen LogP contribution is -2.48. The lowest BCUT2D eigenvalue weighted by Gasteiger charge is -2.25. The Morgan fingerprint density at radius 2 is 1.94 bits per heavy atom. The summed E-state index contributed by atoms with van der Waals surface area (Å²) in [6.07, 6.45) is 1.64. The summed E-state index contributed by atoms with van der Waals surface area (Å²) in [6.45, 7) is 4.95. The third-order valence-corrected chi connectivity index (χ3v) is 4.73. The number of imidazole rings is 1. The molecule has 0 saturated heterocycles. The topological polar surface area (TPSA) is 99.8 Å². The molecule has 164 valence electrons. The average molecular weight is 433 g/mol. The number of benzene rings is 1. The largest absolute Gasteiger partial charge is 0.381 e. The van der Waals surface area contributed by atoms with Crippen LogP contribution in [0.2, 0.25) is 0 Å². The van der Waals surface area contributed by atoms with Crippen molar-refractivity contribution in [3.8, 4) is 6.07 Å². The molecule has 1 aromatic heterocycles. The fourth-order valence-electron chi connectivity index (χ4n) is 3.36. The Labute approximate surface area is 177 Å². The quantitative estimate of drug-likeness (QED) is 0.771. The number of rotatable bonds is 4. The molecule has 1 aliphatic rings. The zero-order chi connectivity index (χ0) is 23.0. The predicted molar refractivity (Wildman–Crippen MR) is 106 cm³/mol. The normalized spacial score (nSPS) is 13.8. The number of halogens is 3. The van der Waals surface area contributed by atoms with Crippen LogP contribution in [-0.4, -0.2) is 26.9 Å². The minimum atomic E-state index is -3.94. The van der Waals surface area contributed by atoms with E-state index in [0.717, 1.165) is 12.1 Å². The highest BCUT2D eigenvalue weighted by Crippen LogP contribution is 2.33. The van der Waals surface area contributed by atoms with Gasteiger partial charge in [0.2, 0.25) is 0 Å². The van der Waals surface area contributed by atoms with Crippen molar-refractivity contribution in [2.75, 3.05) is 5.32 Å². The molecular formula is C21H22F3N5O2. The number of hydrogen-bond donors (Lipinski definition) is 2. The molecule has 2 heterocycles. The minimum Gasteiger partial charge on any atom is -0.346 e. The summed E-state index contributed by atoms with van der Waals surface area (Å²) in [6, 6.07) is 5.08. The molecule has 7 nitrogen and oxygen atoms in total. The Morgan fingerprint density at radius 1 is 1.23 bits per heavy atom. The molecule has 1 aromatic carbocycles. The molecule has 0 spiro atoms. The maximum Gasteiger partial charge on any atom is 0.381 e. The van der Waals surface area contributed by atoms with E-state index in [4.69, 9.17) is 5.26 Å². The van der Waals surface area contributed by atoms with E-state index < -0.39 is 34.9 Å². The summed E-state index contributed by atoms with van der Waals surface area (Å²) in [5.74, 6) is -7.75. The highest BCUT2D eigenvalue weighted by molar-refractivity contribution is 6.04. The van der Waals surface area contributed by atoms with Crippen molar-refractivity contribution >= 4 is 17.5 Å². The van der Waals surface area contributed by atoms with Crippen LogP contribution in [0.15, 0.2) is 18.2 Å². The standard InChI is InChI=1S/C21H22F3N5O2/c1-20(2,3)28-19(31)21(23,24)18-27-16(15-6-4-5-9-29(15)18)17(30)26-13-7-8-14(22)12(10-13)11-25/h7-8,10H,4-6,9H2,1-3H3,(H,26,30)(H,28,31). The zero-order valence-corrected chi connectivity index (χ0v) is 17.4. The van der Waals surface area contributed by atoms with E-state index in [1.807, 2.05) is 0 Å². The molecule has 3 rings (SSSR count). The first-order valence-corrected chi connectivity index (χ1v) is 9.75. The van der Waals surface area contributed by atoms with Crippen LogP contribution in [0.1, 0.15) is 61.2 Å². The molecule has 10 heteroatoms. The molecule has 31 heavy (non-hydrogen) atoms. The van der Waals surface area contributed by atoms with Crippen molar-refractivity contribution in [3.63, 3.8) is 0 Å². The number of anilines is 1. The molecule has 0 aliphatic carbocycles. The van der Waals surface area contributed by atoms with Gasteiger partial charge in [0.1, 0.15) is 17.6 Å². The lowest BCUT2D eigenvalue weighted by atomic mass is 10.1. The van der Waals surface area contributed by atoms with Crippen molar-refractivity contribution in [1.29, 1.82) is 5.26 Å². The third-order valence-electron chi connectivity index (χ3n) is 4.73. The average Bonchev–Trinajstić information content (AvgIpc) is 3.08. The summed E-state index contributed by atoms with van der Waals surface area (Å²) in [5.41, 5.74) is -0.931. The van der Waals surface area contributed by atoms with Gasteiger partial charge in [0.15, 0.2) is 5.82 Å². The van der Waals surface area contributed by atoms with Crippen LogP contribution in [0.4, 0.5) is 18.9 Å². The van der Waals surface area contributed by atoms with E-state index in [2.05, 4.69) is 15.6 Å². The van der Waals surface area contributed by atoms with Crippen molar-refractivity contribution in [1.82, 2.24) is 14.9 Å². The third kappa shape index (κ3) is 4.55. The van der Waals surface area contributed by atoms with Crippen LogP contribution >= 0.6 is 0 Å². The van der Waals surface area contributed by atoms with Gasteiger partial charge in [-0.05, 0) is 58.2 Å². The lowest BCUT2D eigenvalue weighted by molar-refractivity contribution is -0.150. The number of carbonyl (C=O) groups excluding carboxylic acids is 2. The van der Waals surface area contributed by atoms with E-state index in [0.29, 0.717) is 25.0 Å². The monoisotopic (exact) mass is 433 g/mol. The van der Waals surface area contributed by atoms with Gasteiger partial charge in [-0.2, -0.15) is 14.0 Å². The Hall–Kier alpha value is -3.35. The van der Waals surface area contributed by atoms with Gasteiger partial charge < -0.3 is 15.2 Å². The number of nitriles is 1. The summed E-state index contributed by atoms with van der Waals surface area (Å²) in [5, 5.41) is 13.7. The Bertz CT molecular complexity index is 1080. The van der Waals surface area contributed by atoms with E-state index in [1.54, 1.807) is 26.8 Å². The van der Waals surface area contributed by atoms with E-state index in [1.165, 1.54) is 10.6 Å². The van der Waals surface area contributed by atoms with Crippen LogP contribution in [0, 0.1) is 17.1 Å². The number of aromatic nitrogens is 2. The summed E-state index contributed by atoms with van der Waals surface area (Å²) in [4.78, 5) is 28.9. The molecule has 2 aromatic rings. The van der Waals surface area contributed by atoms with Gasteiger partial charge in [0, 0.05) is 17.8 Å². The fraction of sp³-hybridized carbons (Fsp3) is 0.429. The summed E-state index contributed by atoms with van der Waals surface area (Å²) >= 11 is 0. The maximum absolute atomic E-state index is 15.0. The number of alkyl halides is 2. The molecule has 1 aliphatic heterocycles. The first kappa shape index (κ1) is 22.3. The SMILES string of the molecule is CC(C)(C)NC(=O)C(F)(F)c1nc(C(=O)Nc2ccc(F)c(C#N)c2)c2n1CCCC2. The second-order valence-corrected chi connectivity index (χ2v) is 8.38. The van der Waals surface area contributed by atoms with E-state index in [-0.39, 0.29) is 23.5 Å². The highest BCUT2D eigenvalue weighted by atomic mass is 19.3. The van der Waals surface area contributed by atoms with E-state index in [9.17, 15) is 14.0 Å². The van der Waals surface area contributed by atoms with E-state index >= 15 is 8.78 Å². The number of nitrogens with one attached hydrogen (secondary N) is 2. The Balaban J connectivity index is 1.97. The first-order chi connectivity index (χ1) is 14.4. The van der Waals surface area contributed by atoms with Crippen LogP contribution in [-0.2, 0) is 23.7 Å². The molecule has 0 fully saturated rings. The zero-order valence-electron chi connectivity index (χ0n) is 17.4. The van der Waals surface area contributed by atoms with Gasteiger partial charge in [-0.3, -0.25) is 9.59 Å². The second kappa shape index (κ2) is 8.06. The van der Waals surface area contributed by atoms with Crippen molar-refractivity contribution in [2.24, 2.45) is 0 Å². The molecule has 0 bridgehead atoms. The van der Waals surface area contributed by atoms with Gasteiger partial charge in [-0.15, -0.1) is 0 Å². The van der Waals surface area contributed by atoms with Crippen molar-refractivity contribution < 1.29 is 22.8 Å². The number of nitrogens with zero attached hydrogens (tertiary/aromatic N) is 3. The molecular weight excluding hydrogens is 411 g/mol. The second-order valence-electron chi connectivity index (χ2n) is 8.38. The highest BCUT2D eigenvalue weighted by Gasteiger charge is 2.48. The molecule has 2 amide bonds.